The molecule has 0 aromatic carbocycles. The Morgan fingerprint density at radius 1 is 1.23 bits per heavy atom. The van der Waals surface area contributed by atoms with E-state index in [1.54, 1.807) is 0 Å². The number of hydrogen-bond acceptors (Lipinski definition) is 1. The molecule has 0 aliphatic heterocycles. The van der Waals surface area contributed by atoms with Gasteiger partial charge in [-0.3, -0.25) is 0 Å². The molecular weight excluding hydrogens is 158 g/mol. The maximum atomic E-state index is 3.58. The van der Waals surface area contributed by atoms with E-state index in [1.165, 1.54) is 19.4 Å². The predicted octanol–water partition coefficient (Wildman–Crippen LogP) is 3.06. The maximum absolute atomic E-state index is 3.58. The molecule has 1 fully saturated rings. The largest absolute Gasteiger partial charge is 0.312 e. The molecule has 0 aromatic rings. The molecule has 0 bridgehead atoms. The van der Waals surface area contributed by atoms with Crippen molar-refractivity contribution in [3.05, 3.63) is 0 Å². The Morgan fingerprint density at radius 2 is 1.77 bits per heavy atom. The molecule has 0 radical (unpaired) electrons. The summed E-state index contributed by atoms with van der Waals surface area (Å²) in [4.78, 5) is 0. The first-order valence-corrected chi connectivity index (χ1v) is 5.63. The lowest BCUT2D eigenvalue weighted by Gasteiger charge is -2.39. The van der Waals surface area contributed by atoms with E-state index >= 15 is 0 Å². The minimum atomic E-state index is 0.295. The summed E-state index contributed by atoms with van der Waals surface area (Å²) in [5, 5.41) is 3.58. The van der Waals surface area contributed by atoms with Gasteiger partial charge in [0.15, 0.2) is 0 Å². The van der Waals surface area contributed by atoms with Crippen molar-refractivity contribution in [2.24, 2.45) is 17.8 Å². The van der Waals surface area contributed by atoms with Crippen molar-refractivity contribution in [1.82, 2.24) is 5.32 Å². The standard InChI is InChI=1S/C12H25N/c1-9(2)11-6-10(7-11)8-13-12(3,4)5/h9-11,13H,6-8H2,1-5H3. The fourth-order valence-electron chi connectivity index (χ4n) is 1.95. The molecule has 0 aromatic heterocycles. The number of rotatable bonds is 3. The van der Waals surface area contributed by atoms with Crippen molar-refractivity contribution in [1.29, 1.82) is 0 Å². The summed E-state index contributed by atoms with van der Waals surface area (Å²) in [6.07, 6.45) is 2.89. The van der Waals surface area contributed by atoms with Crippen LogP contribution in [0.2, 0.25) is 0 Å². The zero-order chi connectivity index (χ0) is 10.1. The molecule has 1 rings (SSSR count). The molecule has 1 aliphatic carbocycles. The van der Waals surface area contributed by atoms with Gasteiger partial charge in [-0.05, 0) is 57.9 Å². The summed E-state index contributed by atoms with van der Waals surface area (Å²) in [7, 11) is 0. The summed E-state index contributed by atoms with van der Waals surface area (Å²) in [5.41, 5.74) is 0.295. The average molecular weight is 183 g/mol. The fraction of sp³-hybridized carbons (Fsp3) is 1.00. The van der Waals surface area contributed by atoms with E-state index in [1.807, 2.05) is 0 Å². The van der Waals surface area contributed by atoms with E-state index in [4.69, 9.17) is 0 Å². The smallest absolute Gasteiger partial charge is 0.00966 e. The van der Waals surface area contributed by atoms with Gasteiger partial charge in [0.2, 0.25) is 0 Å². The number of hydrogen-bond donors (Lipinski definition) is 1. The molecule has 0 saturated heterocycles. The van der Waals surface area contributed by atoms with E-state index in [-0.39, 0.29) is 0 Å². The molecule has 1 saturated carbocycles. The molecule has 0 atom stereocenters. The van der Waals surface area contributed by atoms with Crippen molar-refractivity contribution >= 4 is 0 Å². The van der Waals surface area contributed by atoms with Crippen LogP contribution in [0.3, 0.4) is 0 Å². The van der Waals surface area contributed by atoms with Crippen molar-refractivity contribution in [2.45, 2.75) is 53.0 Å². The fourth-order valence-corrected chi connectivity index (χ4v) is 1.95. The van der Waals surface area contributed by atoms with Gasteiger partial charge in [0, 0.05) is 5.54 Å². The van der Waals surface area contributed by atoms with Crippen molar-refractivity contribution in [3.8, 4) is 0 Å². The van der Waals surface area contributed by atoms with Crippen molar-refractivity contribution in [2.75, 3.05) is 6.54 Å². The van der Waals surface area contributed by atoms with E-state index in [2.05, 4.69) is 39.9 Å². The minimum Gasteiger partial charge on any atom is -0.312 e. The Bertz CT molecular complexity index is 149. The highest BCUT2D eigenvalue weighted by Gasteiger charge is 2.31. The Labute approximate surface area is 83.3 Å². The molecule has 0 unspecified atom stereocenters. The van der Waals surface area contributed by atoms with E-state index in [0.717, 1.165) is 17.8 Å². The lowest BCUT2D eigenvalue weighted by Crippen LogP contribution is -2.43. The molecular formula is C12H25N. The van der Waals surface area contributed by atoms with Gasteiger partial charge in [-0.15, -0.1) is 0 Å². The summed E-state index contributed by atoms with van der Waals surface area (Å²) in [6, 6.07) is 0. The normalized spacial score (nSPS) is 29.1. The average Bonchev–Trinajstić information content (AvgIpc) is 1.79. The van der Waals surface area contributed by atoms with Gasteiger partial charge >= 0.3 is 0 Å². The Morgan fingerprint density at radius 3 is 2.15 bits per heavy atom. The quantitative estimate of drug-likeness (QED) is 0.709. The monoisotopic (exact) mass is 183 g/mol. The molecule has 0 heterocycles. The van der Waals surface area contributed by atoms with E-state index in [9.17, 15) is 0 Å². The van der Waals surface area contributed by atoms with Gasteiger partial charge in [-0.2, -0.15) is 0 Å². The third kappa shape index (κ3) is 3.68. The highest BCUT2D eigenvalue weighted by atomic mass is 14.9. The van der Waals surface area contributed by atoms with Gasteiger partial charge in [-0.1, -0.05) is 13.8 Å². The molecule has 1 N–H and O–H groups in total. The second-order valence-corrected chi connectivity index (χ2v) is 5.97. The summed E-state index contributed by atoms with van der Waals surface area (Å²) in [6.45, 7) is 12.6. The first-order chi connectivity index (χ1) is 5.88. The second kappa shape index (κ2) is 4.00. The molecule has 1 heteroatoms. The Kier molecular flexibility index (Phi) is 3.39. The van der Waals surface area contributed by atoms with Gasteiger partial charge in [-0.25, -0.2) is 0 Å². The third-order valence-corrected chi connectivity index (χ3v) is 3.14. The molecule has 0 amide bonds. The molecule has 78 valence electrons. The van der Waals surface area contributed by atoms with Crippen LogP contribution in [0.5, 0.6) is 0 Å². The Balaban J connectivity index is 2.09. The summed E-state index contributed by atoms with van der Waals surface area (Å²) in [5.74, 6) is 2.85. The second-order valence-electron chi connectivity index (χ2n) is 5.97. The molecule has 0 spiro atoms. The van der Waals surface area contributed by atoms with Crippen LogP contribution in [-0.4, -0.2) is 12.1 Å². The minimum absolute atomic E-state index is 0.295. The number of nitrogens with one attached hydrogen (secondary N) is 1. The Hall–Kier alpha value is -0.0400. The SMILES string of the molecule is CC(C)C1CC(CNC(C)(C)C)C1. The van der Waals surface area contributed by atoms with Gasteiger partial charge in [0.1, 0.15) is 0 Å². The topological polar surface area (TPSA) is 12.0 Å². The van der Waals surface area contributed by atoms with Crippen LogP contribution in [0.1, 0.15) is 47.5 Å². The van der Waals surface area contributed by atoms with Gasteiger partial charge in [0.05, 0.1) is 0 Å². The maximum Gasteiger partial charge on any atom is 0.00966 e. The van der Waals surface area contributed by atoms with Crippen molar-refractivity contribution < 1.29 is 0 Å². The zero-order valence-corrected chi connectivity index (χ0v) is 9.85. The molecule has 13 heavy (non-hydrogen) atoms. The summed E-state index contributed by atoms with van der Waals surface area (Å²) >= 11 is 0. The zero-order valence-electron chi connectivity index (χ0n) is 9.85. The van der Waals surface area contributed by atoms with Crippen LogP contribution in [0.4, 0.5) is 0 Å². The third-order valence-electron chi connectivity index (χ3n) is 3.14. The predicted molar refractivity (Wildman–Crippen MR) is 58.8 cm³/mol. The first-order valence-electron chi connectivity index (χ1n) is 5.63. The van der Waals surface area contributed by atoms with Crippen LogP contribution < -0.4 is 5.32 Å². The molecule has 1 nitrogen and oxygen atoms in total. The van der Waals surface area contributed by atoms with Gasteiger partial charge < -0.3 is 5.32 Å². The van der Waals surface area contributed by atoms with Crippen LogP contribution >= 0.6 is 0 Å². The van der Waals surface area contributed by atoms with Gasteiger partial charge in [0.25, 0.3) is 0 Å². The van der Waals surface area contributed by atoms with Crippen LogP contribution in [0, 0.1) is 17.8 Å². The highest BCUT2D eigenvalue weighted by Crippen LogP contribution is 2.38. The summed E-state index contributed by atoms with van der Waals surface area (Å²) < 4.78 is 0. The first kappa shape index (κ1) is 11.0. The van der Waals surface area contributed by atoms with Crippen LogP contribution in [0.15, 0.2) is 0 Å². The lowest BCUT2D eigenvalue weighted by atomic mass is 9.69. The van der Waals surface area contributed by atoms with E-state index in [0.29, 0.717) is 5.54 Å². The van der Waals surface area contributed by atoms with Crippen LogP contribution in [-0.2, 0) is 0 Å². The van der Waals surface area contributed by atoms with Crippen LogP contribution in [0.25, 0.3) is 0 Å². The highest BCUT2D eigenvalue weighted by molar-refractivity contribution is 4.84. The lowest BCUT2D eigenvalue weighted by molar-refractivity contribution is 0.132. The van der Waals surface area contributed by atoms with Crippen molar-refractivity contribution in [3.63, 3.8) is 0 Å². The van der Waals surface area contributed by atoms with E-state index < -0.39 is 0 Å². The molecule has 1 aliphatic rings.